The Balaban J connectivity index is 1.63. The lowest BCUT2D eigenvalue weighted by atomic mass is 10.0. The summed E-state index contributed by atoms with van der Waals surface area (Å²) in [6.07, 6.45) is 1.07. The first-order chi connectivity index (χ1) is 8.15. The van der Waals surface area contributed by atoms with E-state index in [1.54, 1.807) is 0 Å². The fraction of sp³-hybridized carbons (Fsp3) is 0.923. The molecule has 17 heavy (non-hydrogen) atoms. The van der Waals surface area contributed by atoms with E-state index in [9.17, 15) is 4.79 Å². The summed E-state index contributed by atoms with van der Waals surface area (Å²) < 4.78 is 0. The summed E-state index contributed by atoms with van der Waals surface area (Å²) in [5.74, 6) is 2.41. The molecule has 1 amide bonds. The fourth-order valence-electron chi connectivity index (χ4n) is 2.84. The van der Waals surface area contributed by atoms with E-state index in [0.717, 1.165) is 51.0 Å². The molecule has 0 aromatic rings. The highest BCUT2D eigenvalue weighted by atomic mass is 16.2. The molecule has 2 N–H and O–H groups in total. The Hall–Kier alpha value is -0.610. The van der Waals surface area contributed by atoms with Gasteiger partial charge in [0.2, 0.25) is 5.91 Å². The molecule has 0 aliphatic carbocycles. The Morgan fingerprint density at radius 1 is 1.35 bits per heavy atom. The maximum Gasteiger partial charge on any atom is 0.234 e. The number of carbonyl (C=O) groups is 1. The lowest BCUT2D eigenvalue weighted by Gasteiger charge is -2.16. The highest BCUT2D eigenvalue weighted by Gasteiger charge is 2.36. The first-order valence-corrected chi connectivity index (χ1v) is 6.85. The van der Waals surface area contributed by atoms with Crippen molar-refractivity contribution in [2.45, 2.75) is 20.3 Å². The summed E-state index contributed by atoms with van der Waals surface area (Å²) >= 11 is 0. The molecule has 0 saturated carbocycles. The van der Waals surface area contributed by atoms with Gasteiger partial charge in [-0.25, -0.2) is 0 Å². The smallest absolute Gasteiger partial charge is 0.234 e. The zero-order valence-electron chi connectivity index (χ0n) is 11.0. The summed E-state index contributed by atoms with van der Waals surface area (Å²) in [6.45, 7) is 10.2. The summed E-state index contributed by atoms with van der Waals surface area (Å²) in [6, 6.07) is 0. The topological polar surface area (TPSA) is 44.4 Å². The Morgan fingerprint density at radius 2 is 2.00 bits per heavy atom. The zero-order valence-corrected chi connectivity index (χ0v) is 11.0. The lowest BCUT2D eigenvalue weighted by molar-refractivity contribution is -0.122. The van der Waals surface area contributed by atoms with Crippen LogP contribution in [-0.2, 0) is 4.79 Å². The van der Waals surface area contributed by atoms with Crippen LogP contribution in [0.2, 0.25) is 0 Å². The molecule has 98 valence electrons. The first-order valence-electron chi connectivity index (χ1n) is 6.85. The average Bonchev–Trinajstić information content (AvgIpc) is 2.76. The number of hydrogen-bond donors (Lipinski definition) is 2. The average molecular weight is 239 g/mol. The third kappa shape index (κ3) is 3.68. The molecule has 2 atom stereocenters. The molecule has 0 radical (unpaired) electrons. The van der Waals surface area contributed by atoms with E-state index < -0.39 is 0 Å². The number of hydrogen-bond acceptors (Lipinski definition) is 3. The number of carbonyl (C=O) groups excluding carboxylic acids is 1. The summed E-state index contributed by atoms with van der Waals surface area (Å²) in [7, 11) is 0. The predicted octanol–water partition coefficient (Wildman–Crippen LogP) is 0.300. The van der Waals surface area contributed by atoms with Gasteiger partial charge in [0, 0.05) is 19.6 Å². The number of fused-ring (bicyclic) bond motifs is 1. The van der Waals surface area contributed by atoms with Crippen LogP contribution in [0.25, 0.3) is 0 Å². The van der Waals surface area contributed by atoms with Crippen molar-refractivity contribution in [1.29, 1.82) is 0 Å². The highest BCUT2D eigenvalue weighted by molar-refractivity contribution is 5.78. The molecule has 4 heteroatoms. The molecule has 0 aromatic heterocycles. The van der Waals surface area contributed by atoms with E-state index in [-0.39, 0.29) is 5.91 Å². The minimum atomic E-state index is 0.193. The monoisotopic (exact) mass is 239 g/mol. The molecule has 2 saturated heterocycles. The van der Waals surface area contributed by atoms with E-state index in [4.69, 9.17) is 0 Å². The number of nitrogens with zero attached hydrogens (tertiary/aromatic N) is 1. The lowest BCUT2D eigenvalue weighted by Crippen LogP contribution is -2.38. The van der Waals surface area contributed by atoms with E-state index in [0.29, 0.717) is 12.5 Å². The maximum atomic E-state index is 11.7. The van der Waals surface area contributed by atoms with Gasteiger partial charge >= 0.3 is 0 Å². The molecule has 2 aliphatic heterocycles. The van der Waals surface area contributed by atoms with Gasteiger partial charge in [-0.2, -0.15) is 0 Å². The molecule has 0 bridgehead atoms. The van der Waals surface area contributed by atoms with Crippen molar-refractivity contribution in [3.63, 3.8) is 0 Å². The molecule has 2 heterocycles. The van der Waals surface area contributed by atoms with Gasteiger partial charge in [0.1, 0.15) is 0 Å². The summed E-state index contributed by atoms with van der Waals surface area (Å²) in [4.78, 5) is 14.0. The van der Waals surface area contributed by atoms with Crippen LogP contribution in [0.15, 0.2) is 0 Å². The standard InChI is InChI=1S/C13H25N3O/c1-10(2)3-4-15-13(17)9-16-7-11-5-14-6-12(11)8-16/h10-12,14H,3-9H2,1-2H3,(H,15,17)/t11-,12+. The van der Waals surface area contributed by atoms with Crippen molar-refractivity contribution in [2.24, 2.45) is 17.8 Å². The van der Waals surface area contributed by atoms with Gasteiger partial charge in [0.05, 0.1) is 6.54 Å². The number of amides is 1. The summed E-state index contributed by atoms with van der Waals surface area (Å²) in [5, 5.41) is 6.43. The molecule has 0 spiro atoms. The Kier molecular flexibility index (Phi) is 4.40. The Labute approximate surface area is 104 Å². The van der Waals surface area contributed by atoms with Crippen molar-refractivity contribution in [2.75, 3.05) is 39.3 Å². The third-order valence-corrected chi connectivity index (χ3v) is 3.88. The SMILES string of the molecule is CC(C)CCNC(=O)CN1C[C@H]2CNC[C@H]2C1. The minimum absolute atomic E-state index is 0.193. The molecular weight excluding hydrogens is 214 g/mol. The van der Waals surface area contributed by atoms with Gasteiger partial charge in [-0.1, -0.05) is 13.8 Å². The van der Waals surface area contributed by atoms with Crippen LogP contribution in [0, 0.1) is 17.8 Å². The van der Waals surface area contributed by atoms with Crippen LogP contribution >= 0.6 is 0 Å². The molecule has 0 unspecified atom stereocenters. The van der Waals surface area contributed by atoms with Crippen molar-refractivity contribution in [1.82, 2.24) is 15.5 Å². The van der Waals surface area contributed by atoms with Crippen molar-refractivity contribution < 1.29 is 4.79 Å². The van der Waals surface area contributed by atoms with E-state index in [1.165, 1.54) is 0 Å². The van der Waals surface area contributed by atoms with E-state index >= 15 is 0 Å². The molecule has 2 aliphatic rings. The van der Waals surface area contributed by atoms with E-state index in [2.05, 4.69) is 29.4 Å². The third-order valence-electron chi connectivity index (χ3n) is 3.88. The van der Waals surface area contributed by atoms with Gasteiger partial charge < -0.3 is 10.6 Å². The van der Waals surface area contributed by atoms with Crippen LogP contribution in [0.1, 0.15) is 20.3 Å². The second-order valence-corrected chi connectivity index (χ2v) is 5.90. The Bertz CT molecular complexity index is 255. The highest BCUT2D eigenvalue weighted by Crippen LogP contribution is 2.25. The maximum absolute atomic E-state index is 11.7. The molecule has 2 fully saturated rings. The predicted molar refractivity (Wildman–Crippen MR) is 68.8 cm³/mol. The molecule has 0 aromatic carbocycles. The summed E-state index contributed by atoms with van der Waals surface area (Å²) in [5.41, 5.74) is 0. The minimum Gasteiger partial charge on any atom is -0.355 e. The zero-order chi connectivity index (χ0) is 12.3. The van der Waals surface area contributed by atoms with Crippen molar-refractivity contribution >= 4 is 5.91 Å². The van der Waals surface area contributed by atoms with Crippen LogP contribution < -0.4 is 10.6 Å². The molecule has 2 rings (SSSR count). The molecule has 4 nitrogen and oxygen atoms in total. The quantitative estimate of drug-likeness (QED) is 0.725. The largest absolute Gasteiger partial charge is 0.355 e. The van der Waals surface area contributed by atoms with Gasteiger partial charge in [-0.05, 0) is 37.3 Å². The number of rotatable bonds is 5. The normalized spacial score (nSPS) is 28.6. The van der Waals surface area contributed by atoms with Crippen molar-refractivity contribution in [3.8, 4) is 0 Å². The van der Waals surface area contributed by atoms with Crippen LogP contribution in [-0.4, -0.2) is 50.1 Å². The van der Waals surface area contributed by atoms with Crippen LogP contribution in [0.5, 0.6) is 0 Å². The van der Waals surface area contributed by atoms with E-state index in [1.807, 2.05) is 0 Å². The van der Waals surface area contributed by atoms with Crippen molar-refractivity contribution in [3.05, 3.63) is 0 Å². The second-order valence-electron chi connectivity index (χ2n) is 5.90. The first kappa shape index (κ1) is 12.8. The van der Waals surface area contributed by atoms with Gasteiger partial charge in [-0.15, -0.1) is 0 Å². The number of nitrogens with one attached hydrogen (secondary N) is 2. The second kappa shape index (κ2) is 5.83. The van der Waals surface area contributed by atoms with Gasteiger partial charge in [0.15, 0.2) is 0 Å². The number of likely N-dealkylation sites (tertiary alicyclic amines) is 1. The van der Waals surface area contributed by atoms with Gasteiger partial charge in [-0.3, -0.25) is 9.69 Å². The van der Waals surface area contributed by atoms with Gasteiger partial charge in [0.25, 0.3) is 0 Å². The molecular formula is C13H25N3O. The fourth-order valence-corrected chi connectivity index (χ4v) is 2.84. The Morgan fingerprint density at radius 3 is 2.59 bits per heavy atom. The van der Waals surface area contributed by atoms with Crippen LogP contribution in [0.4, 0.5) is 0 Å². The van der Waals surface area contributed by atoms with Crippen LogP contribution in [0.3, 0.4) is 0 Å².